The van der Waals surface area contributed by atoms with Crippen LogP contribution in [0.4, 0.5) is 0 Å². The molecule has 3 aromatic rings. The Balaban J connectivity index is 2.43. The lowest BCUT2D eigenvalue weighted by molar-refractivity contribution is 0.0696. The van der Waals surface area contributed by atoms with E-state index in [4.69, 9.17) is 11.6 Å². The summed E-state index contributed by atoms with van der Waals surface area (Å²) in [6.45, 7) is 9.88. The minimum atomic E-state index is -1.29. The monoisotopic (exact) mass is 384 g/mol. The van der Waals surface area contributed by atoms with Crippen molar-refractivity contribution >= 4 is 28.5 Å². The van der Waals surface area contributed by atoms with Crippen molar-refractivity contribution in [2.75, 3.05) is 0 Å². The highest BCUT2D eigenvalue weighted by atomic mass is 35.5. The summed E-state index contributed by atoms with van der Waals surface area (Å²) < 4.78 is 0. The van der Waals surface area contributed by atoms with Crippen molar-refractivity contribution in [3.63, 3.8) is 0 Å². The highest BCUT2D eigenvalue weighted by Crippen LogP contribution is 2.36. The van der Waals surface area contributed by atoms with Gasteiger partial charge in [-0.3, -0.25) is 9.78 Å². The van der Waals surface area contributed by atoms with Crippen molar-refractivity contribution in [2.24, 2.45) is 0 Å². The Bertz CT molecular complexity index is 1140. The fourth-order valence-electron chi connectivity index (χ4n) is 3.27. The predicted octanol–water partition coefficient (Wildman–Crippen LogP) is 4.86. The number of fused-ring (bicyclic) bond motifs is 1. The summed E-state index contributed by atoms with van der Waals surface area (Å²) in [5.74, 6) is -1.29. The molecule has 2 aromatic heterocycles. The highest BCUT2D eigenvalue weighted by molar-refractivity contribution is 6.31. The first-order valence-electron chi connectivity index (χ1n) is 8.57. The van der Waals surface area contributed by atoms with Gasteiger partial charge in [0.1, 0.15) is 5.56 Å². The quantitative estimate of drug-likeness (QED) is 0.661. The lowest BCUT2D eigenvalue weighted by Crippen LogP contribution is -2.19. The van der Waals surface area contributed by atoms with Gasteiger partial charge in [-0.15, -0.1) is 0 Å². The number of nitrogens with zero attached hydrogens (tertiary/aromatic N) is 1. The molecule has 2 heterocycles. The average Bonchev–Trinajstić information content (AvgIpc) is 2.56. The largest absolute Gasteiger partial charge is 0.477 e. The van der Waals surface area contributed by atoms with Gasteiger partial charge in [-0.2, -0.15) is 0 Å². The molecule has 0 aliphatic heterocycles. The van der Waals surface area contributed by atoms with Crippen LogP contribution in [0.3, 0.4) is 0 Å². The first kappa shape index (κ1) is 19.1. The number of pyridine rings is 2. The molecule has 3 rings (SSSR count). The second-order valence-corrected chi connectivity index (χ2v) is 8.19. The number of nitrogens with one attached hydrogen (secondary N) is 1. The lowest BCUT2D eigenvalue weighted by atomic mass is 9.84. The Morgan fingerprint density at radius 3 is 2.41 bits per heavy atom. The number of aromatic carboxylic acids is 1. The number of carboxylic acid groups (broad SMARTS) is 1. The molecule has 27 heavy (non-hydrogen) atoms. The summed E-state index contributed by atoms with van der Waals surface area (Å²) in [5, 5.41) is 10.5. The average molecular weight is 385 g/mol. The standard InChI is InChI=1S/C21H21ClN2O3/c1-10-6-14(21(3,4)5)15(22)7-12(10)18-16(20(26)27)19(25)13-9-23-8-11(2)17(13)24-18/h6-9H,1-5H3,(H,24,25)(H,26,27). The zero-order chi connectivity index (χ0) is 20.1. The molecule has 0 bridgehead atoms. The van der Waals surface area contributed by atoms with Gasteiger partial charge in [0.15, 0.2) is 0 Å². The Kier molecular flexibility index (Phi) is 4.60. The molecule has 0 aliphatic carbocycles. The Labute approximate surface area is 162 Å². The van der Waals surface area contributed by atoms with Gasteiger partial charge in [0, 0.05) is 23.0 Å². The molecule has 0 saturated carbocycles. The fraction of sp³-hybridized carbons (Fsp3) is 0.286. The van der Waals surface area contributed by atoms with Crippen LogP contribution in [-0.4, -0.2) is 21.0 Å². The van der Waals surface area contributed by atoms with Gasteiger partial charge in [0.05, 0.1) is 16.6 Å². The molecule has 0 fully saturated rings. The molecule has 6 heteroatoms. The van der Waals surface area contributed by atoms with Gasteiger partial charge >= 0.3 is 5.97 Å². The second-order valence-electron chi connectivity index (χ2n) is 7.79. The van der Waals surface area contributed by atoms with Gasteiger partial charge in [0.2, 0.25) is 5.43 Å². The first-order valence-corrected chi connectivity index (χ1v) is 8.95. The van der Waals surface area contributed by atoms with Crippen molar-refractivity contribution in [1.82, 2.24) is 9.97 Å². The van der Waals surface area contributed by atoms with Gasteiger partial charge in [0.25, 0.3) is 0 Å². The molecule has 0 spiro atoms. The highest BCUT2D eigenvalue weighted by Gasteiger charge is 2.24. The SMILES string of the molecule is Cc1cc(C(C)(C)C)c(Cl)cc1-c1[nH]c2c(C)cncc2c(=O)c1C(=O)O. The van der Waals surface area contributed by atoms with Crippen LogP contribution >= 0.6 is 11.6 Å². The van der Waals surface area contributed by atoms with Gasteiger partial charge in [-0.05, 0) is 42.0 Å². The van der Waals surface area contributed by atoms with E-state index < -0.39 is 11.4 Å². The maximum atomic E-state index is 12.9. The third-order valence-electron chi connectivity index (χ3n) is 4.71. The molecule has 0 radical (unpaired) electrons. The Morgan fingerprint density at radius 2 is 1.81 bits per heavy atom. The molecule has 5 nitrogen and oxygen atoms in total. The number of H-pyrrole nitrogens is 1. The van der Waals surface area contributed by atoms with Crippen molar-refractivity contribution in [1.29, 1.82) is 0 Å². The van der Waals surface area contributed by atoms with Gasteiger partial charge in [-0.1, -0.05) is 38.4 Å². The van der Waals surface area contributed by atoms with Crippen molar-refractivity contribution in [3.8, 4) is 11.3 Å². The number of carbonyl (C=O) groups is 1. The number of benzene rings is 1. The number of hydrogen-bond acceptors (Lipinski definition) is 3. The molecule has 0 amide bonds. The third-order valence-corrected chi connectivity index (χ3v) is 5.03. The van der Waals surface area contributed by atoms with Crippen LogP contribution in [0.15, 0.2) is 29.3 Å². The fourth-order valence-corrected chi connectivity index (χ4v) is 3.72. The van der Waals surface area contributed by atoms with E-state index in [2.05, 4.69) is 30.7 Å². The minimum Gasteiger partial charge on any atom is -0.477 e. The summed E-state index contributed by atoms with van der Waals surface area (Å²) in [7, 11) is 0. The Morgan fingerprint density at radius 1 is 1.15 bits per heavy atom. The van der Waals surface area contributed by atoms with E-state index in [0.717, 1.165) is 16.7 Å². The normalized spacial score (nSPS) is 11.8. The van der Waals surface area contributed by atoms with E-state index in [9.17, 15) is 14.7 Å². The zero-order valence-corrected chi connectivity index (χ0v) is 16.7. The molecular formula is C21H21ClN2O3. The first-order chi connectivity index (χ1) is 12.5. The van der Waals surface area contributed by atoms with Crippen LogP contribution in [-0.2, 0) is 5.41 Å². The summed E-state index contributed by atoms with van der Waals surface area (Å²) in [5.41, 5.74) is 2.97. The van der Waals surface area contributed by atoms with Crippen LogP contribution in [0.2, 0.25) is 5.02 Å². The van der Waals surface area contributed by atoms with E-state index in [-0.39, 0.29) is 22.1 Å². The molecule has 0 saturated heterocycles. The van der Waals surface area contributed by atoms with Gasteiger partial charge in [-0.25, -0.2) is 4.79 Å². The van der Waals surface area contributed by atoms with Gasteiger partial charge < -0.3 is 10.1 Å². The van der Waals surface area contributed by atoms with Crippen LogP contribution < -0.4 is 5.43 Å². The molecule has 0 unspecified atom stereocenters. The molecule has 0 atom stereocenters. The van der Waals surface area contributed by atoms with Crippen LogP contribution in [0, 0.1) is 13.8 Å². The molecule has 2 N–H and O–H groups in total. The topological polar surface area (TPSA) is 83.0 Å². The minimum absolute atomic E-state index is 0.158. The van der Waals surface area contributed by atoms with E-state index in [1.807, 2.05) is 19.9 Å². The summed E-state index contributed by atoms with van der Waals surface area (Å²) >= 11 is 6.51. The third kappa shape index (κ3) is 3.23. The van der Waals surface area contributed by atoms with Crippen LogP contribution in [0.1, 0.15) is 47.8 Å². The van der Waals surface area contributed by atoms with E-state index >= 15 is 0 Å². The lowest BCUT2D eigenvalue weighted by Gasteiger charge is -2.23. The van der Waals surface area contributed by atoms with Crippen molar-refractivity contribution in [3.05, 3.63) is 62.0 Å². The molecule has 140 valence electrons. The second kappa shape index (κ2) is 6.50. The summed E-state index contributed by atoms with van der Waals surface area (Å²) in [4.78, 5) is 31.9. The Hall–Kier alpha value is -2.66. The molecule has 1 aromatic carbocycles. The van der Waals surface area contributed by atoms with E-state index in [0.29, 0.717) is 16.1 Å². The predicted molar refractivity (Wildman–Crippen MR) is 108 cm³/mol. The number of halogens is 1. The van der Waals surface area contributed by atoms with Crippen LogP contribution in [0.5, 0.6) is 0 Å². The van der Waals surface area contributed by atoms with Crippen LogP contribution in [0.25, 0.3) is 22.2 Å². The number of carboxylic acids is 1. The molecular weight excluding hydrogens is 364 g/mol. The number of aromatic nitrogens is 2. The zero-order valence-electron chi connectivity index (χ0n) is 15.9. The van der Waals surface area contributed by atoms with Crippen molar-refractivity contribution < 1.29 is 9.90 Å². The maximum Gasteiger partial charge on any atom is 0.341 e. The van der Waals surface area contributed by atoms with E-state index in [1.165, 1.54) is 6.20 Å². The van der Waals surface area contributed by atoms with E-state index in [1.54, 1.807) is 12.3 Å². The number of rotatable bonds is 2. The number of aryl methyl sites for hydroxylation is 2. The molecule has 0 aliphatic rings. The smallest absolute Gasteiger partial charge is 0.341 e. The maximum absolute atomic E-state index is 12.9. The number of hydrogen-bond donors (Lipinski definition) is 2. The van der Waals surface area contributed by atoms with Crippen molar-refractivity contribution in [2.45, 2.75) is 40.0 Å². The summed E-state index contributed by atoms with van der Waals surface area (Å²) in [6.07, 6.45) is 3.02. The summed E-state index contributed by atoms with van der Waals surface area (Å²) in [6, 6.07) is 3.68. The number of aromatic amines is 1.